The molecular formula is C19H16F4N6O. The fourth-order valence-electron chi connectivity index (χ4n) is 3.38. The SMILES string of the molecule is O=c1ccc(-c2cnc(N3CCCC3C(F)(F)F)nc2)nn1Cc1cncc(F)c1. The highest BCUT2D eigenvalue weighted by Crippen LogP contribution is 2.34. The Kier molecular flexibility index (Phi) is 5.18. The monoisotopic (exact) mass is 420 g/mol. The highest BCUT2D eigenvalue weighted by Gasteiger charge is 2.46. The van der Waals surface area contributed by atoms with Gasteiger partial charge in [0.2, 0.25) is 5.95 Å². The number of nitrogens with zero attached hydrogens (tertiary/aromatic N) is 6. The average molecular weight is 420 g/mol. The predicted octanol–water partition coefficient (Wildman–Crippen LogP) is 2.81. The largest absolute Gasteiger partial charge is 0.408 e. The summed E-state index contributed by atoms with van der Waals surface area (Å²) in [4.78, 5) is 25.1. The molecule has 3 aromatic heterocycles. The standard InChI is InChI=1S/C19H16F4N6O/c20-14-6-12(7-24-10-14)11-29-17(30)4-3-15(27-29)13-8-25-18(26-9-13)28-5-1-2-16(28)19(21,22)23/h3-4,6-10,16H,1-2,5,11H2. The topological polar surface area (TPSA) is 76.8 Å². The maximum Gasteiger partial charge on any atom is 0.408 e. The van der Waals surface area contributed by atoms with E-state index < -0.39 is 23.6 Å². The van der Waals surface area contributed by atoms with Gasteiger partial charge in [-0.3, -0.25) is 9.78 Å². The van der Waals surface area contributed by atoms with Gasteiger partial charge in [0.15, 0.2) is 0 Å². The van der Waals surface area contributed by atoms with Crippen molar-refractivity contribution in [1.29, 1.82) is 0 Å². The van der Waals surface area contributed by atoms with E-state index in [4.69, 9.17) is 0 Å². The minimum Gasteiger partial charge on any atom is -0.329 e. The Hall–Kier alpha value is -3.37. The molecule has 4 heterocycles. The van der Waals surface area contributed by atoms with E-state index in [0.29, 0.717) is 23.2 Å². The molecule has 1 saturated heterocycles. The Bertz CT molecular complexity index is 1100. The highest BCUT2D eigenvalue weighted by molar-refractivity contribution is 5.56. The zero-order valence-corrected chi connectivity index (χ0v) is 15.6. The first-order chi connectivity index (χ1) is 14.3. The van der Waals surface area contributed by atoms with Gasteiger partial charge in [-0.05, 0) is 30.5 Å². The van der Waals surface area contributed by atoms with Gasteiger partial charge in [0.1, 0.15) is 11.9 Å². The van der Waals surface area contributed by atoms with Gasteiger partial charge in [0.05, 0.1) is 18.4 Å². The van der Waals surface area contributed by atoms with Crippen LogP contribution in [0.3, 0.4) is 0 Å². The van der Waals surface area contributed by atoms with E-state index in [-0.39, 0.29) is 25.5 Å². The van der Waals surface area contributed by atoms with E-state index >= 15 is 0 Å². The molecule has 0 saturated carbocycles. The predicted molar refractivity (Wildman–Crippen MR) is 99.2 cm³/mol. The van der Waals surface area contributed by atoms with Crippen molar-refractivity contribution in [2.45, 2.75) is 31.6 Å². The normalized spacial score (nSPS) is 16.8. The average Bonchev–Trinajstić information content (AvgIpc) is 3.20. The zero-order valence-electron chi connectivity index (χ0n) is 15.6. The minimum atomic E-state index is -4.35. The molecule has 1 aliphatic heterocycles. The van der Waals surface area contributed by atoms with E-state index in [1.807, 2.05) is 0 Å². The molecule has 1 atom stereocenters. The van der Waals surface area contributed by atoms with E-state index in [9.17, 15) is 22.4 Å². The molecule has 0 bridgehead atoms. The van der Waals surface area contributed by atoms with Gasteiger partial charge in [0.25, 0.3) is 5.56 Å². The van der Waals surface area contributed by atoms with Crippen LogP contribution in [0.2, 0.25) is 0 Å². The van der Waals surface area contributed by atoms with Crippen LogP contribution in [0.15, 0.2) is 47.8 Å². The van der Waals surface area contributed by atoms with E-state index in [0.717, 1.165) is 15.8 Å². The molecule has 30 heavy (non-hydrogen) atoms. The second-order valence-electron chi connectivity index (χ2n) is 6.89. The molecule has 0 amide bonds. The summed E-state index contributed by atoms with van der Waals surface area (Å²) in [5, 5.41) is 4.23. The maximum atomic E-state index is 13.3. The van der Waals surface area contributed by atoms with Crippen molar-refractivity contribution in [2.75, 3.05) is 11.4 Å². The summed E-state index contributed by atoms with van der Waals surface area (Å²) < 4.78 is 53.9. The zero-order chi connectivity index (χ0) is 21.3. The maximum absolute atomic E-state index is 13.3. The van der Waals surface area contributed by atoms with Crippen LogP contribution < -0.4 is 10.5 Å². The van der Waals surface area contributed by atoms with Crippen LogP contribution in [-0.2, 0) is 6.54 Å². The van der Waals surface area contributed by atoms with Gasteiger partial charge in [-0.2, -0.15) is 18.3 Å². The second kappa shape index (κ2) is 7.81. The summed E-state index contributed by atoms with van der Waals surface area (Å²) in [6.07, 6.45) is 1.30. The lowest BCUT2D eigenvalue weighted by Gasteiger charge is -2.26. The number of pyridine rings is 1. The number of halogens is 4. The van der Waals surface area contributed by atoms with Crippen molar-refractivity contribution in [3.8, 4) is 11.3 Å². The fourth-order valence-corrected chi connectivity index (χ4v) is 3.38. The molecule has 3 aromatic rings. The van der Waals surface area contributed by atoms with Gasteiger partial charge >= 0.3 is 6.18 Å². The third-order valence-corrected chi connectivity index (χ3v) is 4.78. The molecular weight excluding hydrogens is 404 g/mol. The molecule has 1 unspecified atom stereocenters. The first-order valence-electron chi connectivity index (χ1n) is 9.14. The Balaban J connectivity index is 1.58. The van der Waals surface area contributed by atoms with Crippen molar-refractivity contribution in [3.63, 3.8) is 0 Å². The summed E-state index contributed by atoms with van der Waals surface area (Å²) in [6.45, 7) is 0.242. The quantitative estimate of drug-likeness (QED) is 0.605. The summed E-state index contributed by atoms with van der Waals surface area (Å²) in [5.74, 6) is -0.530. The smallest absolute Gasteiger partial charge is 0.329 e. The molecule has 0 spiro atoms. The van der Waals surface area contributed by atoms with Gasteiger partial charge in [0, 0.05) is 36.8 Å². The first-order valence-corrected chi connectivity index (χ1v) is 9.14. The van der Waals surface area contributed by atoms with Crippen LogP contribution in [0.4, 0.5) is 23.5 Å². The minimum absolute atomic E-state index is 0.00210. The van der Waals surface area contributed by atoms with Gasteiger partial charge in [-0.25, -0.2) is 19.0 Å². The molecule has 0 aliphatic carbocycles. The van der Waals surface area contributed by atoms with Crippen molar-refractivity contribution < 1.29 is 17.6 Å². The molecule has 7 nitrogen and oxygen atoms in total. The molecule has 1 aliphatic rings. The molecule has 11 heteroatoms. The Labute approximate surface area is 168 Å². The molecule has 4 rings (SSSR count). The van der Waals surface area contributed by atoms with Crippen LogP contribution in [0.25, 0.3) is 11.3 Å². The lowest BCUT2D eigenvalue weighted by atomic mass is 10.2. The molecule has 1 fully saturated rings. The van der Waals surface area contributed by atoms with Gasteiger partial charge in [-0.15, -0.1) is 0 Å². The summed E-state index contributed by atoms with van der Waals surface area (Å²) >= 11 is 0. The van der Waals surface area contributed by atoms with E-state index in [2.05, 4.69) is 20.1 Å². The number of aromatic nitrogens is 5. The van der Waals surface area contributed by atoms with Crippen LogP contribution in [-0.4, -0.2) is 43.5 Å². The third kappa shape index (κ3) is 4.14. The summed E-state index contributed by atoms with van der Waals surface area (Å²) in [5.41, 5.74) is 0.859. The Morgan fingerprint density at radius 2 is 1.87 bits per heavy atom. The molecule has 0 N–H and O–H groups in total. The summed E-state index contributed by atoms with van der Waals surface area (Å²) in [7, 11) is 0. The Morgan fingerprint density at radius 1 is 1.10 bits per heavy atom. The second-order valence-corrected chi connectivity index (χ2v) is 6.89. The van der Waals surface area contributed by atoms with Gasteiger partial charge < -0.3 is 4.90 Å². The van der Waals surface area contributed by atoms with Crippen molar-refractivity contribution in [3.05, 3.63) is 64.7 Å². The van der Waals surface area contributed by atoms with Crippen molar-refractivity contribution >= 4 is 5.95 Å². The van der Waals surface area contributed by atoms with E-state index in [1.165, 1.54) is 36.8 Å². The van der Waals surface area contributed by atoms with E-state index in [1.54, 1.807) is 0 Å². The lowest BCUT2D eigenvalue weighted by Crippen LogP contribution is -2.42. The first kappa shape index (κ1) is 19.9. The van der Waals surface area contributed by atoms with Crippen molar-refractivity contribution in [2.24, 2.45) is 0 Å². The Morgan fingerprint density at radius 3 is 2.57 bits per heavy atom. The molecule has 156 valence electrons. The van der Waals surface area contributed by atoms with Crippen LogP contribution in [0.5, 0.6) is 0 Å². The van der Waals surface area contributed by atoms with Crippen LogP contribution >= 0.6 is 0 Å². The lowest BCUT2D eigenvalue weighted by molar-refractivity contribution is -0.146. The number of hydrogen-bond acceptors (Lipinski definition) is 6. The third-order valence-electron chi connectivity index (χ3n) is 4.78. The van der Waals surface area contributed by atoms with Crippen LogP contribution in [0, 0.1) is 5.82 Å². The highest BCUT2D eigenvalue weighted by atomic mass is 19.4. The van der Waals surface area contributed by atoms with Crippen molar-refractivity contribution in [1.82, 2.24) is 24.7 Å². The van der Waals surface area contributed by atoms with Crippen LogP contribution in [0.1, 0.15) is 18.4 Å². The number of alkyl halides is 3. The van der Waals surface area contributed by atoms with Gasteiger partial charge in [-0.1, -0.05) is 0 Å². The number of rotatable bonds is 4. The molecule has 0 aromatic carbocycles. The number of anilines is 1. The summed E-state index contributed by atoms with van der Waals surface area (Å²) in [6, 6.07) is 2.42. The molecule has 0 radical (unpaired) electrons. The number of hydrogen-bond donors (Lipinski definition) is 0. The fraction of sp³-hybridized carbons (Fsp3) is 0.316.